The summed E-state index contributed by atoms with van der Waals surface area (Å²) in [6.45, 7) is 6.35. The number of carboxylic acids is 1. The normalized spacial score (nSPS) is 18.0. The third-order valence-corrected chi connectivity index (χ3v) is 3.32. The van der Waals surface area contributed by atoms with E-state index in [0.29, 0.717) is 25.3 Å². The van der Waals surface area contributed by atoms with E-state index >= 15 is 0 Å². The second kappa shape index (κ2) is 7.17. The van der Waals surface area contributed by atoms with Crippen LogP contribution in [-0.2, 0) is 4.79 Å². The van der Waals surface area contributed by atoms with Gasteiger partial charge in [-0.2, -0.15) is 0 Å². The fourth-order valence-electron chi connectivity index (χ4n) is 1.87. The highest BCUT2D eigenvalue weighted by molar-refractivity contribution is 5.70. The smallest absolute Gasteiger partial charge is 0.306 e. The molecule has 100 valence electrons. The van der Waals surface area contributed by atoms with Crippen molar-refractivity contribution in [3.8, 4) is 0 Å². The highest BCUT2D eigenvalue weighted by Gasteiger charge is 2.22. The Kier molecular flexibility index (Phi) is 5.86. The van der Waals surface area contributed by atoms with Crippen molar-refractivity contribution in [2.24, 2.45) is 17.6 Å². The topological polar surface area (TPSA) is 63.3 Å². The summed E-state index contributed by atoms with van der Waals surface area (Å²) in [7, 11) is 0. The van der Waals surface area contributed by atoms with Crippen molar-refractivity contribution in [2.45, 2.75) is 32.6 Å². The van der Waals surface area contributed by atoms with Crippen LogP contribution >= 0.6 is 0 Å². The minimum Gasteiger partial charge on any atom is -0.481 e. The van der Waals surface area contributed by atoms with Crippen LogP contribution in [0.15, 0.2) is 36.0 Å². The van der Waals surface area contributed by atoms with Gasteiger partial charge in [-0.05, 0) is 37.2 Å². The molecule has 1 rings (SSSR count). The summed E-state index contributed by atoms with van der Waals surface area (Å²) in [6.07, 6.45) is 9.50. The lowest BCUT2D eigenvalue weighted by molar-refractivity contribution is -0.141. The lowest BCUT2D eigenvalue weighted by atomic mass is 9.96. The van der Waals surface area contributed by atoms with Crippen molar-refractivity contribution < 1.29 is 9.90 Å². The maximum atomic E-state index is 11.0. The Morgan fingerprint density at radius 2 is 2.17 bits per heavy atom. The largest absolute Gasteiger partial charge is 0.481 e. The number of nitrogens with two attached hydrogens (primary N) is 1. The Balaban J connectivity index is 2.61. The van der Waals surface area contributed by atoms with Crippen LogP contribution in [-0.4, -0.2) is 17.6 Å². The summed E-state index contributed by atoms with van der Waals surface area (Å²) in [5, 5.41) is 9.07. The van der Waals surface area contributed by atoms with Crippen LogP contribution < -0.4 is 5.73 Å². The molecule has 0 bridgehead atoms. The number of hydrogen-bond donors (Lipinski definition) is 2. The average molecular weight is 249 g/mol. The Bertz CT molecular complexity index is 365. The van der Waals surface area contributed by atoms with E-state index in [-0.39, 0.29) is 5.92 Å². The Hall–Kier alpha value is -1.35. The zero-order valence-corrected chi connectivity index (χ0v) is 11.1. The number of carbonyl (C=O) groups is 1. The summed E-state index contributed by atoms with van der Waals surface area (Å²) in [6, 6.07) is 0. The third kappa shape index (κ3) is 4.88. The summed E-state index contributed by atoms with van der Waals surface area (Å²) >= 11 is 0. The Labute approximate surface area is 109 Å². The van der Waals surface area contributed by atoms with Gasteiger partial charge in [0, 0.05) is 6.54 Å². The van der Waals surface area contributed by atoms with Crippen LogP contribution in [0.5, 0.6) is 0 Å². The van der Waals surface area contributed by atoms with Crippen LogP contribution in [0.1, 0.15) is 32.6 Å². The Morgan fingerprint density at radius 1 is 1.50 bits per heavy atom. The summed E-state index contributed by atoms with van der Waals surface area (Å²) in [4.78, 5) is 11.0. The van der Waals surface area contributed by atoms with Crippen molar-refractivity contribution in [1.82, 2.24) is 0 Å². The highest BCUT2D eigenvalue weighted by atomic mass is 16.4. The van der Waals surface area contributed by atoms with Gasteiger partial charge >= 0.3 is 5.97 Å². The molecule has 1 unspecified atom stereocenters. The second-order valence-electron chi connectivity index (χ2n) is 4.84. The fourth-order valence-corrected chi connectivity index (χ4v) is 1.87. The van der Waals surface area contributed by atoms with E-state index in [2.05, 4.69) is 6.58 Å². The average Bonchev–Trinajstić information content (AvgIpc) is 3.15. The van der Waals surface area contributed by atoms with Gasteiger partial charge in [-0.15, -0.1) is 0 Å². The van der Waals surface area contributed by atoms with Gasteiger partial charge in [0.2, 0.25) is 0 Å². The zero-order chi connectivity index (χ0) is 13.5. The van der Waals surface area contributed by atoms with Gasteiger partial charge in [-0.25, -0.2) is 0 Å². The fraction of sp³-hybridized carbons (Fsp3) is 0.533. The van der Waals surface area contributed by atoms with Gasteiger partial charge in [-0.3, -0.25) is 4.79 Å². The number of rotatable bonds is 8. The first-order valence-electron chi connectivity index (χ1n) is 6.57. The van der Waals surface area contributed by atoms with Crippen molar-refractivity contribution in [3.05, 3.63) is 36.0 Å². The molecule has 0 saturated heterocycles. The maximum Gasteiger partial charge on any atom is 0.306 e. The molecule has 0 amide bonds. The molecule has 1 aliphatic carbocycles. The van der Waals surface area contributed by atoms with E-state index in [9.17, 15) is 4.79 Å². The molecule has 1 atom stereocenters. The number of allylic oxidation sites excluding steroid dienone is 4. The predicted octanol–water partition coefficient (Wildman–Crippen LogP) is 2.89. The van der Waals surface area contributed by atoms with E-state index in [1.165, 1.54) is 12.8 Å². The van der Waals surface area contributed by atoms with Crippen molar-refractivity contribution in [1.29, 1.82) is 0 Å². The van der Waals surface area contributed by atoms with Crippen molar-refractivity contribution >= 4 is 5.97 Å². The van der Waals surface area contributed by atoms with Crippen LogP contribution in [0.3, 0.4) is 0 Å². The molecule has 0 radical (unpaired) electrons. The third-order valence-electron chi connectivity index (χ3n) is 3.32. The van der Waals surface area contributed by atoms with E-state index in [1.54, 1.807) is 0 Å². The molecule has 3 N–H and O–H groups in total. The molecule has 0 spiro atoms. The SMILES string of the molecule is C=C(/C=C\C(=C/CN)CC(CC)C(=O)O)C1CC1. The van der Waals surface area contributed by atoms with Crippen molar-refractivity contribution in [2.75, 3.05) is 6.54 Å². The van der Waals surface area contributed by atoms with Crippen molar-refractivity contribution in [3.63, 3.8) is 0 Å². The molecular weight excluding hydrogens is 226 g/mol. The Morgan fingerprint density at radius 3 is 2.61 bits per heavy atom. The second-order valence-corrected chi connectivity index (χ2v) is 4.84. The lowest BCUT2D eigenvalue weighted by Gasteiger charge is -2.10. The standard InChI is InChI=1S/C15H23NO2/c1-3-13(15(17)18)10-12(8-9-16)5-4-11(2)14-6-7-14/h4-5,8,13-14H,2-3,6-7,9-10,16H2,1H3,(H,17,18)/b5-4-,12-8+. The van der Waals surface area contributed by atoms with Crippen LogP contribution in [0.4, 0.5) is 0 Å². The van der Waals surface area contributed by atoms with Gasteiger partial charge in [0.15, 0.2) is 0 Å². The summed E-state index contributed by atoms with van der Waals surface area (Å²) in [5.41, 5.74) is 7.66. The van der Waals surface area contributed by atoms with Crippen LogP contribution in [0, 0.1) is 11.8 Å². The highest BCUT2D eigenvalue weighted by Crippen LogP contribution is 2.36. The predicted molar refractivity (Wildman–Crippen MR) is 74.2 cm³/mol. The molecule has 0 aromatic carbocycles. The number of hydrogen-bond acceptors (Lipinski definition) is 2. The molecule has 1 fully saturated rings. The number of carboxylic acid groups (broad SMARTS) is 1. The van der Waals surface area contributed by atoms with Gasteiger partial charge < -0.3 is 10.8 Å². The molecule has 1 saturated carbocycles. The monoisotopic (exact) mass is 249 g/mol. The number of aliphatic carboxylic acids is 1. The molecule has 3 heteroatoms. The maximum absolute atomic E-state index is 11.0. The van der Waals surface area contributed by atoms with E-state index < -0.39 is 5.97 Å². The van der Waals surface area contributed by atoms with Gasteiger partial charge in [-0.1, -0.05) is 37.3 Å². The van der Waals surface area contributed by atoms with Gasteiger partial charge in [0.25, 0.3) is 0 Å². The first kappa shape index (κ1) is 14.7. The van der Waals surface area contributed by atoms with Gasteiger partial charge in [0.1, 0.15) is 0 Å². The van der Waals surface area contributed by atoms with Crippen LogP contribution in [0.25, 0.3) is 0 Å². The molecule has 1 aliphatic rings. The first-order chi connectivity index (χ1) is 8.58. The van der Waals surface area contributed by atoms with E-state index in [4.69, 9.17) is 10.8 Å². The lowest BCUT2D eigenvalue weighted by Crippen LogP contribution is -2.13. The quantitative estimate of drug-likeness (QED) is 0.650. The molecule has 0 aliphatic heterocycles. The zero-order valence-electron chi connectivity index (χ0n) is 11.1. The first-order valence-corrected chi connectivity index (χ1v) is 6.57. The summed E-state index contributed by atoms with van der Waals surface area (Å²) in [5.74, 6) is -0.432. The van der Waals surface area contributed by atoms with Crippen LogP contribution in [0.2, 0.25) is 0 Å². The van der Waals surface area contributed by atoms with E-state index in [1.807, 2.05) is 25.2 Å². The van der Waals surface area contributed by atoms with E-state index in [0.717, 1.165) is 11.1 Å². The molecule has 0 aromatic heterocycles. The minimum atomic E-state index is -0.741. The molecular formula is C15H23NO2. The molecule has 18 heavy (non-hydrogen) atoms. The molecule has 3 nitrogen and oxygen atoms in total. The summed E-state index contributed by atoms with van der Waals surface area (Å²) < 4.78 is 0. The van der Waals surface area contributed by atoms with Gasteiger partial charge in [0.05, 0.1) is 5.92 Å². The minimum absolute atomic E-state index is 0.332. The molecule has 0 heterocycles. The molecule has 0 aromatic rings.